The molecule has 1 heterocycles. The molecule has 5 nitrogen and oxygen atoms in total. The Hall–Kier alpha value is -1.53. The second-order valence-electron chi connectivity index (χ2n) is 6.56. The fourth-order valence-corrected chi connectivity index (χ4v) is 3.70. The Kier molecular flexibility index (Phi) is 8.28. The minimum Gasteiger partial charge on any atom is -0.344 e. The van der Waals surface area contributed by atoms with Crippen LogP contribution in [0.3, 0.4) is 0 Å². The van der Waals surface area contributed by atoms with E-state index in [0.29, 0.717) is 18.8 Å². The highest BCUT2D eigenvalue weighted by Gasteiger charge is 2.31. The van der Waals surface area contributed by atoms with Crippen molar-refractivity contribution in [2.75, 3.05) is 38.7 Å². The number of rotatable bonds is 9. The quantitative estimate of drug-likeness (QED) is 0.699. The van der Waals surface area contributed by atoms with Gasteiger partial charge in [0.15, 0.2) is 0 Å². The van der Waals surface area contributed by atoms with E-state index in [1.807, 2.05) is 48.5 Å². The zero-order chi connectivity index (χ0) is 18.1. The van der Waals surface area contributed by atoms with E-state index in [-0.39, 0.29) is 11.8 Å². The maximum absolute atomic E-state index is 12.9. The van der Waals surface area contributed by atoms with Gasteiger partial charge in [0, 0.05) is 13.1 Å². The van der Waals surface area contributed by atoms with E-state index in [1.165, 1.54) is 0 Å². The van der Waals surface area contributed by atoms with Gasteiger partial charge >= 0.3 is 0 Å². The van der Waals surface area contributed by atoms with E-state index in [9.17, 15) is 9.59 Å². The first-order valence-corrected chi connectivity index (χ1v) is 10.3. The zero-order valence-corrected chi connectivity index (χ0v) is 16.0. The van der Waals surface area contributed by atoms with E-state index in [0.717, 1.165) is 37.4 Å². The topological polar surface area (TPSA) is 61.4 Å². The third-order valence-electron chi connectivity index (χ3n) is 4.54. The van der Waals surface area contributed by atoms with Crippen LogP contribution in [0.15, 0.2) is 30.3 Å². The molecule has 1 aromatic carbocycles. The summed E-state index contributed by atoms with van der Waals surface area (Å²) in [6, 6.07) is 9.22. The molecule has 2 rings (SSSR count). The van der Waals surface area contributed by atoms with Gasteiger partial charge in [0.05, 0.1) is 6.42 Å². The second kappa shape index (κ2) is 10.5. The maximum atomic E-state index is 12.9. The third-order valence-corrected chi connectivity index (χ3v) is 5.19. The summed E-state index contributed by atoms with van der Waals surface area (Å²) >= 11 is 1.70. The molecular formula is C19H29N3O2S. The fraction of sp³-hybridized carbons (Fsp3) is 0.579. The zero-order valence-electron chi connectivity index (χ0n) is 15.2. The summed E-state index contributed by atoms with van der Waals surface area (Å²) in [7, 11) is 1.94. The van der Waals surface area contributed by atoms with Crippen LogP contribution in [0.1, 0.15) is 18.4 Å². The van der Waals surface area contributed by atoms with Crippen molar-refractivity contribution in [1.29, 1.82) is 0 Å². The van der Waals surface area contributed by atoms with Crippen molar-refractivity contribution in [2.24, 2.45) is 5.92 Å². The number of nitrogens with one attached hydrogen (secondary N) is 2. The van der Waals surface area contributed by atoms with Crippen LogP contribution in [0.25, 0.3) is 0 Å². The molecule has 2 amide bonds. The van der Waals surface area contributed by atoms with Gasteiger partial charge in [-0.15, -0.1) is 0 Å². The van der Waals surface area contributed by atoms with E-state index in [4.69, 9.17) is 0 Å². The minimum absolute atomic E-state index is 0.0639. The molecule has 1 saturated heterocycles. The Bertz CT molecular complexity index is 553. The van der Waals surface area contributed by atoms with Crippen LogP contribution in [-0.4, -0.2) is 61.4 Å². The Balaban J connectivity index is 1.93. The van der Waals surface area contributed by atoms with E-state index < -0.39 is 6.04 Å². The number of likely N-dealkylation sites (tertiary alicyclic amines) is 1. The summed E-state index contributed by atoms with van der Waals surface area (Å²) in [6.07, 6.45) is 4.03. The summed E-state index contributed by atoms with van der Waals surface area (Å²) in [5.74, 6) is 1.34. The lowest BCUT2D eigenvalue weighted by Crippen LogP contribution is -2.48. The Morgan fingerprint density at radius 2 is 2.08 bits per heavy atom. The lowest BCUT2D eigenvalue weighted by atomic mass is 10.1. The van der Waals surface area contributed by atoms with Gasteiger partial charge in [0.1, 0.15) is 6.04 Å². The standard InChI is InChI=1S/C19H29N3O2S/c1-20-13-16-8-10-22(14-16)19(24)17(9-11-25-2)21-18(23)12-15-6-4-3-5-7-15/h3-7,16-17,20H,8-14H2,1-2H3,(H,21,23). The first kappa shape index (κ1) is 19.8. The van der Waals surface area contributed by atoms with Crippen LogP contribution >= 0.6 is 11.8 Å². The highest BCUT2D eigenvalue weighted by molar-refractivity contribution is 7.98. The normalized spacial score (nSPS) is 18.2. The predicted molar refractivity (Wildman–Crippen MR) is 104 cm³/mol. The summed E-state index contributed by atoms with van der Waals surface area (Å²) in [4.78, 5) is 27.2. The lowest BCUT2D eigenvalue weighted by Gasteiger charge is -2.24. The number of amides is 2. The Morgan fingerprint density at radius 1 is 1.32 bits per heavy atom. The van der Waals surface area contributed by atoms with Gasteiger partial charge in [0.25, 0.3) is 0 Å². The van der Waals surface area contributed by atoms with Crippen molar-refractivity contribution in [1.82, 2.24) is 15.5 Å². The van der Waals surface area contributed by atoms with Crippen molar-refractivity contribution in [3.05, 3.63) is 35.9 Å². The molecule has 0 aromatic heterocycles. The molecule has 0 saturated carbocycles. The molecule has 0 bridgehead atoms. The average molecular weight is 364 g/mol. The first-order chi connectivity index (χ1) is 12.1. The average Bonchev–Trinajstić information content (AvgIpc) is 3.08. The van der Waals surface area contributed by atoms with Crippen molar-refractivity contribution in [3.8, 4) is 0 Å². The highest BCUT2D eigenvalue weighted by Crippen LogP contribution is 2.17. The molecule has 0 aliphatic carbocycles. The SMILES string of the molecule is CNCC1CCN(C(=O)C(CCSC)NC(=O)Cc2ccccc2)C1. The maximum Gasteiger partial charge on any atom is 0.245 e. The molecule has 2 atom stereocenters. The van der Waals surface area contributed by atoms with Crippen LogP contribution < -0.4 is 10.6 Å². The monoisotopic (exact) mass is 363 g/mol. The third kappa shape index (κ3) is 6.36. The molecule has 138 valence electrons. The predicted octanol–water partition coefficient (Wildman–Crippen LogP) is 1.53. The van der Waals surface area contributed by atoms with E-state index in [2.05, 4.69) is 10.6 Å². The number of thioether (sulfide) groups is 1. The van der Waals surface area contributed by atoms with Gasteiger partial charge in [-0.2, -0.15) is 11.8 Å². The molecule has 1 fully saturated rings. The van der Waals surface area contributed by atoms with Crippen LogP contribution in [0, 0.1) is 5.92 Å². The first-order valence-electron chi connectivity index (χ1n) is 8.89. The minimum atomic E-state index is -0.419. The van der Waals surface area contributed by atoms with Gasteiger partial charge < -0.3 is 15.5 Å². The molecule has 25 heavy (non-hydrogen) atoms. The molecule has 1 aliphatic rings. The fourth-order valence-electron chi connectivity index (χ4n) is 3.23. The molecule has 0 radical (unpaired) electrons. The molecule has 2 unspecified atom stereocenters. The summed E-state index contributed by atoms with van der Waals surface area (Å²) in [6.45, 7) is 2.50. The molecule has 1 aromatic rings. The smallest absolute Gasteiger partial charge is 0.245 e. The van der Waals surface area contributed by atoms with Crippen LogP contribution in [-0.2, 0) is 16.0 Å². The van der Waals surface area contributed by atoms with Gasteiger partial charge in [-0.05, 0) is 49.9 Å². The number of hydrogen-bond donors (Lipinski definition) is 2. The molecule has 1 aliphatic heterocycles. The van der Waals surface area contributed by atoms with Crippen molar-refractivity contribution in [2.45, 2.75) is 25.3 Å². The highest BCUT2D eigenvalue weighted by atomic mass is 32.2. The van der Waals surface area contributed by atoms with Crippen LogP contribution in [0.5, 0.6) is 0 Å². The number of benzene rings is 1. The largest absolute Gasteiger partial charge is 0.344 e. The van der Waals surface area contributed by atoms with Crippen LogP contribution in [0.2, 0.25) is 0 Å². The summed E-state index contributed by atoms with van der Waals surface area (Å²) in [5.41, 5.74) is 0.964. The van der Waals surface area contributed by atoms with Gasteiger partial charge in [-0.1, -0.05) is 30.3 Å². The molecule has 2 N–H and O–H groups in total. The lowest BCUT2D eigenvalue weighted by molar-refractivity contribution is -0.135. The number of carbonyl (C=O) groups excluding carboxylic acids is 2. The molecule has 6 heteroatoms. The summed E-state index contributed by atoms with van der Waals surface area (Å²) in [5, 5.41) is 6.15. The second-order valence-corrected chi connectivity index (χ2v) is 7.55. The van der Waals surface area contributed by atoms with Gasteiger partial charge in [-0.3, -0.25) is 9.59 Å². The number of nitrogens with zero attached hydrogens (tertiary/aromatic N) is 1. The molecule has 0 spiro atoms. The molecular weight excluding hydrogens is 334 g/mol. The van der Waals surface area contributed by atoms with E-state index >= 15 is 0 Å². The van der Waals surface area contributed by atoms with Crippen LogP contribution in [0.4, 0.5) is 0 Å². The van der Waals surface area contributed by atoms with Gasteiger partial charge in [-0.25, -0.2) is 0 Å². The number of hydrogen-bond acceptors (Lipinski definition) is 4. The Morgan fingerprint density at radius 3 is 2.76 bits per heavy atom. The van der Waals surface area contributed by atoms with Crippen molar-refractivity contribution >= 4 is 23.6 Å². The Labute approximate surface area is 154 Å². The number of carbonyl (C=O) groups is 2. The summed E-state index contributed by atoms with van der Waals surface area (Å²) < 4.78 is 0. The van der Waals surface area contributed by atoms with Gasteiger partial charge in [0.2, 0.25) is 11.8 Å². The van der Waals surface area contributed by atoms with E-state index in [1.54, 1.807) is 11.8 Å². The van der Waals surface area contributed by atoms with Crippen molar-refractivity contribution < 1.29 is 9.59 Å². The van der Waals surface area contributed by atoms with Crippen molar-refractivity contribution in [3.63, 3.8) is 0 Å².